The zero-order chi connectivity index (χ0) is 27.5. The predicted octanol–water partition coefficient (Wildman–Crippen LogP) is 5.40. The van der Waals surface area contributed by atoms with Crippen LogP contribution in [0.1, 0.15) is 56.1 Å². The number of hydrogen-bond acceptors (Lipinski definition) is 5. The highest BCUT2D eigenvalue weighted by molar-refractivity contribution is 6.05. The van der Waals surface area contributed by atoms with Gasteiger partial charge in [0.2, 0.25) is 0 Å². The molecule has 9 heteroatoms. The Morgan fingerprint density at radius 2 is 1.87 bits per heavy atom. The van der Waals surface area contributed by atoms with Crippen molar-refractivity contribution in [2.75, 3.05) is 13.2 Å². The largest absolute Gasteiger partial charge is 0.384 e. The van der Waals surface area contributed by atoms with Crippen LogP contribution in [0.2, 0.25) is 0 Å². The lowest BCUT2D eigenvalue weighted by molar-refractivity contribution is 0.0608. The third-order valence-electron chi connectivity index (χ3n) is 8.19. The number of rotatable bonds is 6. The van der Waals surface area contributed by atoms with Crippen molar-refractivity contribution >= 4 is 22.1 Å². The molecule has 1 unspecified atom stereocenters. The average molecular weight is 531 g/mol. The Bertz CT molecular complexity index is 1650. The average Bonchev–Trinajstić information content (AvgIpc) is 3.53. The van der Waals surface area contributed by atoms with E-state index >= 15 is 4.39 Å². The number of benzene rings is 1. The third kappa shape index (κ3) is 4.33. The molecular formula is C30H35FN6O2. The summed E-state index contributed by atoms with van der Waals surface area (Å²) < 4.78 is 27.2. The molecule has 1 N–H and O–H groups in total. The number of aromatic nitrogens is 6. The van der Waals surface area contributed by atoms with Crippen molar-refractivity contribution in [3.05, 3.63) is 65.4 Å². The normalized spacial score (nSPS) is 16.0. The standard InChI is InChI=1S/C30H35FN6O2/c1-18-28(36(5)34-33-18)20-15-24-27(32-17-20)29-25(16-26(35(29)4)30(2,3)38)37(24)23(14-19-10-12-39-13-11-19)21-8-6-7-9-22(21)31/h6-9,15-17,19,23,38H,10-14H2,1-5H3. The summed E-state index contributed by atoms with van der Waals surface area (Å²) in [4.78, 5) is 4.96. The fraction of sp³-hybridized carbons (Fsp3) is 0.433. The van der Waals surface area contributed by atoms with E-state index in [1.54, 1.807) is 24.6 Å². The van der Waals surface area contributed by atoms with Gasteiger partial charge in [-0.05, 0) is 64.2 Å². The first-order chi connectivity index (χ1) is 18.6. The van der Waals surface area contributed by atoms with Crippen molar-refractivity contribution in [3.8, 4) is 11.3 Å². The molecule has 0 aliphatic carbocycles. The molecule has 5 aromatic rings. The molecule has 1 atom stereocenters. The summed E-state index contributed by atoms with van der Waals surface area (Å²) in [6, 6.07) is 11.0. The minimum absolute atomic E-state index is 0.223. The van der Waals surface area contributed by atoms with E-state index in [1.807, 2.05) is 50.0 Å². The first-order valence-electron chi connectivity index (χ1n) is 13.6. The Morgan fingerprint density at radius 1 is 1.13 bits per heavy atom. The summed E-state index contributed by atoms with van der Waals surface area (Å²) in [5.74, 6) is 0.173. The molecule has 0 bridgehead atoms. The maximum atomic E-state index is 15.5. The van der Waals surface area contributed by atoms with Crippen molar-refractivity contribution in [2.45, 2.75) is 51.7 Å². The van der Waals surface area contributed by atoms with Crippen LogP contribution < -0.4 is 0 Å². The molecule has 5 heterocycles. The van der Waals surface area contributed by atoms with Crippen LogP contribution in [0.4, 0.5) is 4.39 Å². The van der Waals surface area contributed by atoms with E-state index in [2.05, 4.69) is 20.9 Å². The van der Waals surface area contributed by atoms with Crippen LogP contribution in [0.15, 0.2) is 42.6 Å². The van der Waals surface area contributed by atoms with Crippen LogP contribution in [0.5, 0.6) is 0 Å². The molecule has 1 aromatic carbocycles. The van der Waals surface area contributed by atoms with Crippen molar-refractivity contribution in [3.63, 3.8) is 0 Å². The molecule has 0 radical (unpaired) electrons. The molecular weight excluding hydrogens is 495 g/mol. The van der Waals surface area contributed by atoms with Crippen LogP contribution in [0.3, 0.4) is 0 Å². The lowest BCUT2D eigenvalue weighted by atomic mass is 9.89. The van der Waals surface area contributed by atoms with Crippen molar-refractivity contribution in [1.82, 2.24) is 29.1 Å². The van der Waals surface area contributed by atoms with Gasteiger partial charge in [-0.2, -0.15) is 0 Å². The van der Waals surface area contributed by atoms with Gasteiger partial charge in [-0.25, -0.2) is 9.07 Å². The van der Waals surface area contributed by atoms with E-state index in [4.69, 9.17) is 9.72 Å². The Labute approximate surface area is 227 Å². The number of nitrogens with zero attached hydrogens (tertiary/aromatic N) is 6. The highest BCUT2D eigenvalue weighted by Crippen LogP contribution is 2.42. The Kier molecular flexibility index (Phi) is 6.31. The van der Waals surface area contributed by atoms with Crippen LogP contribution in [-0.4, -0.2) is 47.4 Å². The second-order valence-corrected chi connectivity index (χ2v) is 11.3. The first kappa shape index (κ1) is 25.7. The summed E-state index contributed by atoms with van der Waals surface area (Å²) in [6.07, 6.45) is 4.51. The molecule has 0 spiro atoms. The van der Waals surface area contributed by atoms with Gasteiger partial charge in [0.15, 0.2) is 0 Å². The van der Waals surface area contributed by atoms with Gasteiger partial charge < -0.3 is 19.0 Å². The van der Waals surface area contributed by atoms with E-state index < -0.39 is 5.60 Å². The van der Waals surface area contributed by atoms with Crippen molar-refractivity contribution in [1.29, 1.82) is 0 Å². The molecule has 1 aliphatic heterocycles. The van der Waals surface area contributed by atoms with Gasteiger partial charge in [0.25, 0.3) is 0 Å². The van der Waals surface area contributed by atoms with Crippen LogP contribution in [0.25, 0.3) is 33.3 Å². The Morgan fingerprint density at radius 3 is 2.54 bits per heavy atom. The lowest BCUT2D eigenvalue weighted by Gasteiger charge is -2.29. The van der Waals surface area contributed by atoms with Gasteiger partial charge >= 0.3 is 0 Å². The smallest absolute Gasteiger partial charge is 0.128 e. The second-order valence-electron chi connectivity index (χ2n) is 11.3. The van der Waals surface area contributed by atoms with E-state index in [0.717, 1.165) is 77.2 Å². The van der Waals surface area contributed by atoms with Gasteiger partial charge in [0.1, 0.15) is 11.3 Å². The van der Waals surface area contributed by atoms with E-state index in [9.17, 15) is 5.11 Å². The Balaban J connectivity index is 1.67. The number of ether oxygens (including phenoxy) is 1. The molecule has 1 aliphatic rings. The quantitative estimate of drug-likeness (QED) is 0.318. The second kappa shape index (κ2) is 9.57. The van der Waals surface area contributed by atoms with Crippen molar-refractivity contribution in [2.24, 2.45) is 20.0 Å². The molecule has 0 saturated carbocycles. The molecule has 6 rings (SSSR count). The van der Waals surface area contributed by atoms with Gasteiger partial charge in [0, 0.05) is 44.6 Å². The summed E-state index contributed by atoms with van der Waals surface area (Å²) in [5, 5.41) is 19.4. The highest BCUT2D eigenvalue weighted by atomic mass is 19.1. The number of fused-ring (bicyclic) bond motifs is 3. The lowest BCUT2D eigenvalue weighted by Crippen LogP contribution is -2.22. The SMILES string of the molecule is Cc1nnn(C)c1-c1cnc2c3c(cc(C(C)(C)O)n3C)n(C(CC3CCOCC3)c3ccccc3F)c2c1. The predicted molar refractivity (Wildman–Crippen MR) is 149 cm³/mol. The fourth-order valence-corrected chi connectivity index (χ4v) is 6.32. The fourth-order valence-electron chi connectivity index (χ4n) is 6.32. The Hall–Kier alpha value is -3.56. The third-order valence-corrected chi connectivity index (χ3v) is 8.19. The number of halogens is 1. The topological polar surface area (TPSA) is 82.9 Å². The summed E-state index contributed by atoms with van der Waals surface area (Å²) in [7, 11) is 3.83. The zero-order valence-electron chi connectivity index (χ0n) is 23.1. The number of hydrogen-bond donors (Lipinski definition) is 1. The minimum atomic E-state index is -1.06. The molecule has 204 valence electrons. The molecule has 0 amide bonds. The summed E-state index contributed by atoms with van der Waals surface area (Å²) >= 11 is 0. The minimum Gasteiger partial charge on any atom is -0.384 e. The van der Waals surface area contributed by atoms with Crippen LogP contribution >= 0.6 is 0 Å². The van der Waals surface area contributed by atoms with Crippen LogP contribution in [0, 0.1) is 18.7 Å². The van der Waals surface area contributed by atoms with E-state index in [1.165, 1.54) is 6.07 Å². The molecule has 1 fully saturated rings. The number of pyridine rings is 1. The van der Waals surface area contributed by atoms with Crippen molar-refractivity contribution < 1.29 is 14.2 Å². The highest BCUT2D eigenvalue weighted by Gasteiger charge is 2.31. The van der Waals surface area contributed by atoms with Gasteiger partial charge in [-0.15, -0.1) is 5.10 Å². The van der Waals surface area contributed by atoms with Gasteiger partial charge in [-0.1, -0.05) is 23.4 Å². The number of aliphatic hydroxyl groups is 1. The maximum absolute atomic E-state index is 15.5. The van der Waals surface area contributed by atoms with E-state index in [-0.39, 0.29) is 11.9 Å². The summed E-state index contributed by atoms with van der Waals surface area (Å²) in [6.45, 7) is 6.96. The maximum Gasteiger partial charge on any atom is 0.128 e. The van der Waals surface area contributed by atoms with Crippen LogP contribution in [-0.2, 0) is 24.4 Å². The van der Waals surface area contributed by atoms with Gasteiger partial charge in [-0.3, -0.25) is 4.98 Å². The zero-order valence-corrected chi connectivity index (χ0v) is 23.1. The monoisotopic (exact) mass is 530 g/mol. The molecule has 8 nitrogen and oxygen atoms in total. The molecule has 1 saturated heterocycles. The van der Waals surface area contributed by atoms with Gasteiger partial charge in [0.05, 0.1) is 45.3 Å². The first-order valence-corrected chi connectivity index (χ1v) is 13.6. The van der Waals surface area contributed by atoms with E-state index in [0.29, 0.717) is 11.5 Å². The number of aryl methyl sites for hydroxylation is 3. The summed E-state index contributed by atoms with van der Waals surface area (Å²) in [5.41, 5.74) is 6.55. The molecule has 4 aromatic heterocycles. The molecule has 39 heavy (non-hydrogen) atoms.